The molecule has 0 aromatic heterocycles. The Labute approximate surface area is 168 Å². The van der Waals surface area contributed by atoms with Crippen LogP contribution in [0.15, 0.2) is 24.3 Å². The highest BCUT2D eigenvalue weighted by atomic mass is 16.5. The molecular weight excluding hydrogens is 354 g/mol. The molecule has 2 saturated heterocycles. The third-order valence-electron chi connectivity index (χ3n) is 6.07. The maximum atomic E-state index is 12.8. The van der Waals surface area contributed by atoms with E-state index in [4.69, 9.17) is 4.74 Å². The fourth-order valence-corrected chi connectivity index (χ4v) is 4.39. The number of piperidine rings is 2. The largest absolute Gasteiger partial charge is 0.383 e. The zero-order valence-corrected chi connectivity index (χ0v) is 17.2. The molecule has 6 nitrogen and oxygen atoms in total. The number of rotatable bonds is 6. The molecule has 2 fully saturated rings. The zero-order valence-electron chi connectivity index (χ0n) is 17.2. The molecule has 0 saturated carbocycles. The molecule has 2 heterocycles. The molecular formula is C22H33N3O3. The molecule has 0 aliphatic carbocycles. The summed E-state index contributed by atoms with van der Waals surface area (Å²) in [5.74, 6) is 0.358. The van der Waals surface area contributed by atoms with Crippen molar-refractivity contribution < 1.29 is 14.3 Å². The lowest BCUT2D eigenvalue weighted by molar-refractivity contribution is -0.127. The number of nitrogens with zero attached hydrogens (tertiary/aromatic N) is 2. The summed E-state index contributed by atoms with van der Waals surface area (Å²) in [6, 6.07) is 8.28. The van der Waals surface area contributed by atoms with Crippen LogP contribution in [0.3, 0.4) is 0 Å². The highest BCUT2D eigenvalue weighted by Gasteiger charge is 2.32. The van der Waals surface area contributed by atoms with E-state index in [-0.39, 0.29) is 17.7 Å². The topological polar surface area (TPSA) is 61.9 Å². The lowest BCUT2D eigenvalue weighted by Crippen LogP contribution is -2.51. The van der Waals surface area contributed by atoms with Gasteiger partial charge in [0.1, 0.15) is 0 Å². The van der Waals surface area contributed by atoms with Gasteiger partial charge in [-0.1, -0.05) is 18.2 Å². The second-order valence-electron chi connectivity index (χ2n) is 7.96. The van der Waals surface area contributed by atoms with Gasteiger partial charge in [-0.3, -0.25) is 14.5 Å². The summed E-state index contributed by atoms with van der Waals surface area (Å²) >= 11 is 0. The minimum absolute atomic E-state index is 0.0669. The van der Waals surface area contributed by atoms with E-state index in [1.807, 2.05) is 36.1 Å². The van der Waals surface area contributed by atoms with Crippen LogP contribution in [0.2, 0.25) is 0 Å². The molecule has 0 radical (unpaired) electrons. The molecule has 28 heavy (non-hydrogen) atoms. The van der Waals surface area contributed by atoms with Gasteiger partial charge in [-0.25, -0.2) is 0 Å². The second kappa shape index (κ2) is 10.0. The first-order valence-electron chi connectivity index (χ1n) is 10.5. The normalized spacial score (nSPS) is 21.5. The highest BCUT2D eigenvalue weighted by Crippen LogP contribution is 2.25. The van der Waals surface area contributed by atoms with Gasteiger partial charge in [0.15, 0.2) is 0 Å². The Morgan fingerprint density at radius 3 is 2.61 bits per heavy atom. The van der Waals surface area contributed by atoms with Crippen LogP contribution in [0.25, 0.3) is 0 Å². The van der Waals surface area contributed by atoms with Crippen LogP contribution in [0.4, 0.5) is 0 Å². The molecule has 154 valence electrons. The molecule has 2 amide bonds. The van der Waals surface area contributed by atoms with E-state index in [1.165, 1.54) is 0 Å². The average molecular weight is 388 g/mol. The number of likely N-dealkylation sites (tertiary alicyclic amines) is 2. The van der Waals surface area contributed by atoms with E-state index in [9.17, 15) is 9.59 Å². The molecule has 1 N–H and O–H groups in total. The Morgan fingerprint density at radius 2 is 1.89 bits per heavy atom. The van der Waals surface area contributed by atoms with Crippen molar-refractivity contribution in [3.63, 3.8) is 0 Å². The molecule has 3 rings (SSSR count). The lowest BCUT2D eigenvalue weighted by atomic mass is 9.93. The SMILES string of the molecule is COCCNC(=O)C1CCCN(C2CCN(C(=O)c3ccccc3C)CC2)C1. The molecule has 1 aromatic carbocycles. The first-order valence-corrected chi connectivity index (χ1v) is 10.5. The van der Waals surface area contributed by atoms with Gasteiger partial charge in [0.2, 0.25) is 5.91 Å². The number of benzene rings is 1. The Bertz CT molecular complexity index is 671. The van der Waals surface area contributed by atoms with Crippen LogP contribution in [0, 0.1) is 12.8 Å². The number of hydrogen-bond donors (Lipinski definition) is 1. The number of amides is 2. The summed E-state index contributed by atoms with van der Waals surface area (Å²) in [6.07, 6.45) is 3.98. The molecule has 1 unspecified atom stereocenters. The van der Waals surface area contributed by atoms with E-state index in [0.29, 0.717) is 19.2 Å². The number of nitrogens with one attached hydrogen (secondary N) is 1. The van der Waals surface area contributed by atoms with Crippen LogP contribution >= 0.6 is 0 Å². The van der Waals surface area contributed by atoms with E-state index >= 15 is 0 Å². The van der Waals surface area contributed by atoms with Gasteiger partial charge in [0.05, 0.1) is 12.5 Å². The Balaban J connectivity index is 1.49. The van der Waals surface area contributed by atoms with Crippen molar-refractivity contribution in [2.24, 2.45) is 5.92 Å². The molecule has 2 aliphatic rings. The molecule has 6 heteroatoms. The van der Waals surface area contributed by atoms with E-state index in [2.05, 4.69) is 10.2 Å². The summed E-state index contributed by atoms with van der Waals surface area (Å²) in [5, 5.41) is 2.98. The van der Waals surface area contributed by atoms with Gasteiger partial charge in [-0.05, 0) is 50.8 Å². The van der Waals surface area contributed by atoms with E-state index in [1.54, 1.807) is 7.11 Å². The summed E-state index contributed by atoms with van der Waals surface area (Å²) in [5.41, 5.74) is 1.85. The zero-order chi connectivity index (χ0) is 19.9. The predicted octanol–water partition coefficient (Wildman–Crippen LogP) is 2.07. The Kier molecular flexibility index (Phi) is 7.45. The number of carbonyl (C=O) groups is 2. The summed E-state index contributed by atoms with van der Waals surface area (Å²) in [6.45, 7) is 6.58. The van der Waals surface area contributed by atoms with Crippen molar-refractivity contribution in [3.8, 4) is 0 Å². The fraction of sp³-hybridized carbons (Fsp3) is 0.636. The third kappa shape index (κ3) is 5.11. The van der Waals surface area contributed by atoms with Crippen molar-refractivity contribution in [3.05, 3.63) is 35.4 Å². The number of methoxy groups -OCH3 is 1. The van der Waals surface area contributed by atoms with Crippen LogP contribution in [0.5, 0.6) is 0 Å². The first-order chi connectivity index (χ1) is 13.6. The Hall–Kier alpha value is -1.92. The number of hydrogen-bond acceptors (Lipinski definition) is 4. The summed E-state index contributed by atoms with van der Waals surface area (Å²) in [4.78, 5) is 29.7. The van der Waals surface area contributed by atoms with Crippen LogP contribution in [-0.2, 0) is 9.53 Å². The predicted molar refractivity (Wildman–Crippen MR) is 109 cm³/mol. The van der Waals surface area contributed by atoms with Gasteiger partial charge in [-0.2, -0.15) is 0 Å². The molecule has 0 spiro atoms. The second-order valence-corrected chi connectivity index (χ2v) is 7.96. The van der Waals surface area contributed by atoms with Crippen molar-refractivity contribution in [1.82, 2.24) is 15.1 Å². The quantitative estimate of drug-likeness (QED) is 0.759. The number of aryl methyl sites for hydroxylation is 1. The summed E-state index contributed by atoms with van der Waals surface area (Å²) < 4.78 is 5.01. The number of ether oxygens (including phenoxy) is 1. The van der Waals surface area contributed by atoms with E-state index < -0.39 is 0 Å². The molecule has 1 aromatic rings. The van der Waals surface area contributed by atoms with Crippen molar-refractivity contribution in [1.29, 1.82) is 0 Å². The van der Waals surface area contributed by atoms with Gasteiger partial charge >= 0.3 is 0 Å². The van der Waals surface area contributed by atoms with Crippen LogP contribution < -0.4 is 5.32 Å². The fourth-order valence-electron chi connectivity index (χ4n) is 4.39. The van der Waals surface area contributed by atoms with Gasteiger partial charge in [-0.15, -0.1) is 0 Å². The smallest absolute Gasteiger partial charge is 0.254 e. The average Bonchev–Trinajstić information content (AvgIpc) is 2.74. The standard InChI is InChI=1S/C22H33N3O3/c1-17-6-3-4-8-20(17)22(27)24-13-9-19(10-14-24)25-12-5-7-18(16-25)21(26)23-11-15-28-2/h3-4,6,8,18-19H,5,7,9-16H2,1-2H3,(H,23,26). The van der Waals surface area contributed by atoms with Crippen LogP contribution in [-0.4, -0.2) is 74.1 Å². The minimum atomic E-state index is 0.0669. The number of carbonyl (C=O) groups excluding carboxylic acids is 2. The lowest BCUT2D eigenvalue weighted by Gasteiger charge is -2.42. The van der Waals surface area contributed by atoms with Crippen LogP contribution in [0.1, 0.15) is 41.6 Å². The molecule has 2 aliphatic heterocycles. The van der Waals surface area contributed by atoms with Gasteiger partial charge < -0.3 is 15.0 Å². The minimum Gasteiger partial charge on any atom is -0.383 e. The van der Waals surface area contributed by atoms with Crippen molar-refractivity contribution in [2.45, 2.75) is 38.6 Å². The van der Waals surface area contributed by atoms with Gasteiger partial charge in [0, 0.05) is 44.9 Å². The third-order valence-corrected chi connectivity index (χ3v) is 6.07. The maximum Gasteiger partial charge on any atom is 0.254 e. The Morgan fingerprint density at radius 1 is 1.14 bits per heavy atom. The summed E-state index contributed by atoms with van der Waals surface area (Å²) in [7, 11) is 1.64. The monoisotopic (exact) mass is 387 g/mol. The molecule has 0 bridgehead atoms. The first kappa shape index (κ1) is 20.8. The van der Waals surface area contributed by atoms with Gasteiger partial charge in [0.25, 0.3) is 5.91 Å². The maximum absolute atomic E-state index is 12.8. The molecule has 1 atom stereocenters. The van der Waals surface area contributed by atoms with E-state index in [0.717, 1.165) is 63.0 Å². The van der Waals surface area contributed by atoms with Crippen molar-refractivity contribution >= 4 is 11.8 Å². The highest BCUT2D eigenvalue weighted by molar-refractivity contribution is 5.95. The van der Waals surface area contributed by atoms with Crippen molar-refractivity contribution in [2.75, 3.05) is 46.4 Å².